The Hall–Kier alpha value is -2.37. The van der Waals surface area contributed by atoms with Crippen LogP contribution in [-0.2, 0) is 9.59 Å². The summed E-state index contributed by atoms with van der Waals surface area (Å²) in [5, 5.41) is 11.0. The number of nitrogens with zero attached hydrogens (tertiary/aromatic N) is 3. The Labute approximate surface area is 202 Å². The Balaban J connectivity index is 0.000000718. The zero-order chi connectivity index (χ0) is 25.7. The summed E-state index contributed by atoms with van der Waals surface area (Å²) in [5.74, 6) is -2.69. The van der Waals surface area contributed by atoms with E-state index >= 15 is 0 Å². The SMILES string of the molecule is CCN(CC)CCN(CCC(=O)N1CCNCC1)C(=O)c1ccc(Cl)cc1.O=C(O)C(F)(F)F. The molecule has 1 saturated heterocycles. The number of rotatable bonds is 9. The number of piperazine rings is 1. The molecule has 0 aliphatic carbocycles. The average molecular weight is 509 g/mol. The lowest BCUT2D eigenvalue weighted by Crippen LogP contribution is -2.47. The van der Waals surface area contributed by atoms with Gasteiger partial charge in [0.25, 0.3) is 5.91 Å². The number of carboxylic acids is 1. The fraction of sp³-hybridized carbons (Fsp3) is 0.591. The molecular formula is C22H32ClF3N4O4. The van der Waals surface area contributed by atoms with Crippen molar-refractivity contribution >= 4 is 29.4 Å². The molecule has 1 aliphatic heterocycles. The summed E-state index contributed by atoms with van der Waals surface area (Å²) in [7, 11) is 0. The van der Waals surface area contributed by atoms with Crippen LogP contribution in [0, 0.1) is 0 Å². The van der Waals surface area contributed by atoms with E-state index in [1.807, 2.05) is 4.90 Å². The zero-order valence-corrected chi connectivity index (χ0v) is 20.2. The molecule has 1 aromatic carbocycles. The molecule has 2 rings (SSSR count). The van der Waals surface area contributed by atoms with Crippen LogP contribution in [0.2, 0.25) is 5.02 Å². The maximum atomic E-state index is 13.0. The van der Waals surface area contributed by atoms with E-state index in [0.29, 0.717) is 30.1 Å². The van der Waals surface area contributed by atoms with E-state index < -0.39 is 12.1 Å². The molecule has 1 aromatic rings. The number of aliphatic carboxylic acids is 1. The molecule has 0 saturated carbocycles. The molecule has 8 nitrogen and oxygen atoms in total. The van der Waals surface area contributed by atoms with Gasteiger partial charge < -0.3 is 25.1 Å². The van der Waals surface area contributed by atoms with Crippen LogP contribution >= 0.6 is 11.6 Å². The first kappa shape index (κ1) is 29.7. The lowest BCUT2D eigenvalue weighted by molar-refractivity contribution is -0.192. The van der Waals surface area contributed by atoms with Crippen LogP contribution in [0.4, 0.5) is 13.2 Å². The van der Waals surface area contributed by atoms with Gasteiger partial charge in [-0.05, 0) is 37.4 Å². The van der Waals surface area contributed by atoms with Crippen LogP contribution < -0.4 is 5.32 Å². The maximum absolute atomic E-state index is 13.0. The van der Waals surface area contributed by atoms with E-state index in [9.17, 15) is 22.8 Å². The van der Waals surface area contributed by atoms with Crippen molar-refractivity contribution in [2.24, 2.45) is 0 Å². The number of carbonyl (C=O) groups excluding carboxylic acids is 2. The second kappa shape index (κ2) is 14.8. The van der Waals surface area contributed by atoms with Crippen molar-refractivity contribution in [1.29, 1.82) is 0 Å². The van der Waals surface area contributed by atoms with Gasteiger partial charge >= 0.3 is 12.1 Å². The van der Waals surface area contributed by atoms with Gasteiger partial charge in [0.05, 0.1) is 0 Å². The third kappa shape index (κ3) is 10.7. The van der Waals surface area contributed by atoms with Gasteiger partial charge in [0.15, 0.2) is 0 Å². The minimum absolute atomic E-state index is 0.0491. The highest BCUT2D eigenvalue weighted by atomic mass is 35.5. The summed E-state index contributed by atoms with van der Waals surface area (Å²) in [6.45, 7) is 11.1. The highest BCUT2D eigenvalue weighted by molar-refractivity contribution is 6.30. The maximum Gasteiger partial charge on any atom is 0.490 e. The number of benzene rings is 1. The number of likely N-dealkylation sites (N-methyl/N-ethyl adjacent to an activating group) is 1. The summed E-state index contributed by atoms with van der Waals surface area (Å²) in [4.78, 5) is 40.3. The Morgan fingerprint density at radius 3 is 2.03 bits per heavy atom. The third-order valence-electron chi connectivity index (χ3n) is 5.27. The van der Waals surface area contributed by atoms with E-state index in [4.69, 9.17) is 21.5 Å². The molecular weight excluding hydrogens is 477 g/mol. The summed E-state index contributed by atoms with van der Waals surface area (Å²) in [5.41, 5.74) is 0.605. The van der Waals surface area contributed by atoms with Crippen molar-refractivity contribution < 1.29 is 32.7 Å². The van der Waals surface area contributed by atoms with Crippen molar-refractivity contribution in [3.63, 3.8) is 0 Å². The molecule has 0 atom stereocenters. The zero-order valence-electron chi connectivity index (χ0n) is 19.4. The molecule has 0 radical (unpaired) electrons. The number of carbonyl (C=O) groups is 3. The van der Waals surface area contributed by atoms with Crippen LogP contribution in [-0.4, -0.2) is 103 Å². The number of amides is 2. The Morgan fingerprint density at radius 2 is 1.56 bits per heavy atom. The van der Waals surface area contributed by atoms with Crippen LogP contribution in [0.5, 0.6) is 0 Å². The quantitative estimate of drug-likeness (QED) is 0.532. The number of hydrogen-bond acceptors (Lipinski definition) is 5. The van der Waals surface area contributed by atoms with Crippen molar-refractivity contribution in [2.75, 3.05) is 58.9 Å². The minimum Gasteiger partial charge on any atom is -0.475 e. The first-order chi connectivity index (χ1) is 16.0. The number of carboxylic acid groups (broad SMARTS) is 1. The molecule has 0 bridgehead atoms. The smallest absolute Gasteiger partial charge is 0.475 e. The lowest BCUT2D eigenvalue weighted by Gasteiger charge is -2.30. The fourth-order valence-corrected chi connectivity index (χ4v) is 3.32. The Bertz CT molecular complexity index is 783. The molecule has 2 amide bonds. The molecule has 0 spiro atoms. The number of halogens is 4. The van der Waals surface area contributed by atoms with E-state index in [0.717, 1.165) is 45.8 Å². The summed E-state index contributed by atoms with van der Waals surface area (Å²) in [6, 6.07) is 6.94. The Morgan fingerprint density at radius 1 is 1.03 bits per heavy atom. The van der Waals surface area contributed by atoms with Crippen LogP contribution in [0.1, 0.15) is 30.6 Å². The highest BCUT2D eigenvalue weighted by Crippen LogP contribution is 2.13. The first-order valence-corrected chi connectivity index (χ1v) is 11.4. The molecule has 2 N–H and O–H groups in total. The Kier molecular flexibility index (Phi) is 12.9. The molecule has 0 aromatic heterocycles. The molecule has 1 heterocycles. The normalized spacial score (nSPS) is 13.8. The van der Waals surface area contributed by atoms with Crippen LogP contribution in [0.3, 0.4) is 0 Å². The number of hydrogen-bond donors (Lipinski definition) is 2. The van der Waals surface area contributed by atoms with Gasteiger partial charge in [0, 0.05) is 62.8 Å². The second-order valence-corrected chi connectivity index (χ2v) is 7.95. The number of alkyl halides is 3. The van der Waals surface area contributed by atoms with Gasteiger partial charge in [-0.3, -0.25) is 9.59 Å². The van der Waals surface area contributed by atoms with Gasteiger partial charge in [0.1, 0.15) is 0 Å². The van der Waals surface area contributed by atoms with Crippen LogP contribution in [0.15, 0.2) is 24.3 Å². The minimum atomic E-state index is -5.08. The van der Waals surface area contributed by atoms with Gasteiger partial charge in [-0.25, -0.2) is 4.79 Å². The summed E-state index contributed by atoms with van der Waals surface area (Å²) >= 11 is 5.94. The molecule has 12 heteroatoms. The third-order valence-corrected chi connectivity index (χ3v) is 5.52. The van der Waals surface area contributed by atoms with E-state index in [1.165, 1.54) is 0 Å². The van der Waals surface area contributed by atoms with Crippen molar-refractivity contribution in [1.82, 2.24) is 20.0 Å². The summed E-state index contributed by atoms with van der Waals surface area (Å²) < 4.78 is 31.7. The average Bonchev–Trinajstić information content (AvgIpc) is 2.81. The van der Waals surface area contributed by atoms with Gasteiger partial charge in [-0.15, -0.1) is 0 Å². The van der Waals surface area contributed by atoms with Gasteiger partial charge in [-0.1, -0.05) is 25.4 Å². The molecule has 192 valence electrons. The molecule has 0 unspecified atom stereocenters. The van der Waals surface area contributed by atoms with Crippen molar-refractivity contribution in [2.45, 2.75) is 26.4 Å². The van der Waals surface area contributed by atoms with Gasteiger partial charge in [0.2, 0.25) is 5.91 Å². The van der Waals surface area contributed by atoms with E-state index in [1.54, 1.807) is 29.2 Å². The molecule has 1 fully saturated rings. The highest BCUT2D eigenvalue weighted by Gasteiger charge is 2.38. The predicted molar refractivity (Wildman–Crippen MR) is 123 cm³/mol. The number of nitrogens with one attached hydrogen (secondary N) is 1. The van der Waals surface area contributed by atoms with E-state index in [2.05, 4.69) is 24.1 Å². The predicted octanol–water partition coefficient (Wildman–Crippen LogP) is 2.58. The molecule has 1 aliphatic rings. The summed E-state index contributed by atoms with van der Waals surface area (Å²) in [6.07, 6.45) is -4.72. The van der Waals surface area contributed by atoms with Gasteiger partial charge in [-0.2, -0.15) is 13.2 Å². The fourth-order valence-electron chi connectivity index (χ4n) is 3.19. The lowest BCUT2D eigenvalue weighted by atomic mass is 10.2. The van der Waals surface area contributed by atoms with E-state index in [-0.39, 0.29) is 11.8 Å². The van der Waals surface area contributed by atoms with Crippen molar-refractivity contribution in [3.05, 3.63) is 34.9 Å². The standard InChI is InChI=1S/C20H31ClN4O2.C2HF3O2/c1-3-23(4-2)15-16-25(20(27)17-5-7-18(21)8-6-17)12-9-19(26)24-13-10-22-11-14-24;3-2(4,5)1(6)7/h5-8,22H,3-4,9-16H2,1-2H3;(H,6,7). The largest absolute Gasteiger partial charge is 0.490 e. The van der Waals surface area contributed by atoms with Crippen LogP contribution in [0.25, 0.3) is 0 Å². The monoisotopic (exact) mass is 508 g/mol. The van der Waals surface area contributed by atoms with Crippen molar-refractivity contribution in [3.8, 4) is 0 Å². The molecule has 34 heavy (non-hydrogen) atoms. The topological polar surface area (TPSA) is 93.2 Å². The second-order valence-electron chi connectivity index (χ2n) is 7.51. The first-order valence-electron chi connectivity index (χ1n) is 11.0.